The van der Waals surface area contributed by atoms with E-state index < -0.39 is 5.60 Å². The van der Waals surface area contributed by atoms with Crippen LogP contribution in [0, 0.1) is 0 Å². The monoisotopic (exact) mass is 554 g/mol. The zero-order valence-corrected chi connectivity index (χ0v) is 25.9. The molecule has 5 rings (SSSR count). The molecule has 0 heterocycles. The number of aryl methyl sites for hydroxylation is 2. The molecule has 0 aromatic heterocycles. The van der Waals surface area contributed by atoms with Crippen molar-refractivity contribution in [3.8, 4) is 5.75 Å². The molecule has 3 aromatic carbocycles. The van der Waals surface area contributed by atoms with Crippen molar-refractivity contribution in [2.24, 2.45) is 0 Å². The van der Waals surface area contributed by atoms with Crippen molar-refractivity contribution in [1.82, 2.24) is 9.80 Å². The van der Waals surface area contributed by atoms with E-state index in [2.05, 4.69) is 105 Å². The van der Waals surface area contributed by atoms with Gasteiger partial charge in [0.05, 0.1) is 12.7 Å². The molecule has 3 aromatic rings. The standard InChI is InChI=1S/C20H23N.C17H27NO2/c1-21(2)15-7-12-20-18-10-5-3-8-16(18)13-14-17-9-4-6-11-19(17)20;1-18(2)13-16(17(19)11-5-4-6-12-17)14-7-9-15(20-3)10-8-14/h3-6,8-12H,7,13-15H2,1-2H3;7-10,16,19H,4-6,11-13H2,1-3H3. The fourth-order valence-electron chi connectivity index (χ4n) is 6.40. The third-order valence-electron chi connectivity index (χ3n) is 8.64. The highest BCUT2D eigenvalue weighted by atomic mass is 16.5. The van der Waals surface area contributed by atoms with Crippen LogP contribution in [0.2, 0.25) is 0 Å². The summed E-state index contributed by atoms with van der Waals surface area (Å²) in [6.07, 6.45) is 11.1. The smallest absolute Gasteiger partial charge is 0.118 e. The Morgan fingerprint density at radius 1 is 0.780 bits per heavy atom. The van der Waals surface area contributed by atoms with Gasteiger partial charge in [-0.05, 0) is 106 Å². The summed E-state index contributed by atoms with van der Waals surface area (Å²) in [6, 6.07) is 25.9. The van der Waals surface area contributed by atoms with Gasteiger partial charge in [-0.3, -0.25) is 0 Å². The topological polar surface area (TPSA) is 35.9 Å². The number of hydrogen-bond acceptors (Lipinski definition) is 4. The summed E-state index contributed by atoms with van der Waals surface area (Å²) in [5.41, 5.74) is 7.86. The molecule has 1 atom stereocenters. The van der Waals surface area contributed by atoms with E-state index >= 15 is 0 Å². The Bertz CT molecular complexity index is 1210. The number of aliphatic hydroxyl groups is 1. The number of benzene rings is 3. The number of nitrogens with zero attached hydrogens (tertiary/aromatic N) is 2. The van der Waals surface area contributed by atoms with Crippen LogP contribution in [0.25, 0.3) is 5.57 Å². The molecule has 0 spiro atoms. The average molecular weight is 555 g/mol. The number of rotatable bonds is 8. The molecular formula is C37H50N2O2. The third kappa shape index (κ3) is 8.31. The molecular weight excluding hydrogens is 504 g/mol. The van der Waals surface area contributed by atoms with E-state index in [0.717, 1.165) is 63.8 Å². The van der Waals surface area contributed by atoms with Crippen LogP contribution in [0.1, 0.15) is 72.3 Å². The second kappa shape index (κ2) is 14.8. The van der Waals surface area contributed by atoms with Crippen molar-refractivity contribution >= 4 is 5.57 Å². The highest BCUT2D eigenvalue weighted by Crippen LogP contribution is 2.40. The van der Waals surface area contributed by atoms with Crippen molar-refractivity contribution in [1.29, 1.82) is 0 Å². The quantitative estimate of drug-likeness (QED) is 0.319. The fraction of sp³-hybridized carbons (Fsp3) is 0.459. The molecule has 0 radical (unpaired) electrons. The van der Waals surface area contributed by atoms with Gasteiger partial charge >= 0.3 is 0 Å². The minimum atomic E-state index is -0.558. The van der Waals surface area contributed by atoms with E-state index in [1.165, 1.54) is 39.8 Å². The van der Waals surface area contributed by atoms with Crippen LogP contribution in [-0.4, -0.2) is 68.9 Å². The molecule has 1 fully saturated rings. The van der Waals surface area contributed by atoms with Gasteiger partial charge in [0.2, 0.25) is 0 Å². The molecule has 0 saturated heterocycles. The zero-order valence-electron chi connectivity index (χ0n) is 25.9. The summed E-state index contributed by atoms with van der Waals surface area (Å²) < 4.78 is 5.23. The lowest BCUT2D eigenvalue weighted by Crippen LogP contribution is -2.42. The first kappa shape index (κ1) is 31.0. The molecule has 0 bridgehead atoms. The second-order valence-corrected chi connectivity index (χ2v) is 12.3. The maximum absolute atomic E-state index is 11.1. The summed E-state index contributed by atoms with van der Waals surface area (Å²) in [5, 5.41) is 11.1. The first-order chi connectivity index (χ1) is 19.8. The molecule has 2 aliphatic rings. The van der Waals surface area contributed by atoms with Crippen LogP contribution in [0.3, 0.4) is 0 Å². The van der Waals surface area contributed by atoms with E-state index in [-0.39, 0.29) is 5.92 Å². The van der Waals surface area contributed by atoms with Crippen LogP contribution in [0.4, 0.5) is 0 Å². The molecule has 1 unspecified atom stereocenters. The van der Waals surface area contributed by atoms with E-state index in [9.17, 15) is 5.11 Å². The Morgan fingerprint density at radius 3 is 1.85 bits per heavy atom. The predicted octanol–water partition coefficient (Wildman–Crippen LogP) is 7.20. The fourth-order valence-corrected chi connectivity index (χ4v) is 6.40. The van der Waals surface area contributed by atoms with Crippen LogP contribution >= 0.6 is 0 Å². The van der Waals surface area contributed by atoms with Crippen LogP contribution in [0.15, 0.2) is 78.9 Å². The first-order valence-electron chi connectivity index (χ1n) is 15.3. The molecule has 41 heavy (non-hydrogen) atoms. The number of methoxy groups -OCH3 is 1. The molecule has 220 valence electrons. The third-order valence-corrected chi connectivity index (χ3v) is 8.64. The Labute approximate surface area is 248 Å². The molecule has 0 aliphatic heterocycles. The normalized spacial score (nSPS) is 16.6. The van der Waals surface area contributed by atoms with E-state index in [1.54, 1.807) is 7.11 Å². The maximum Gasteiger partial charge on any atom is 0.118 e. The minimum absolute atomic E-state index is 0.170. The Kier molecular flexibility index (Phi) is 11.2. The van der Waals surface area contributed by atoms with Crippen molar-refractivity contribution < 1.29 is 9.84 Å². The zero-order chi connectivity index (χ0) is 29.2. The van der Waals surface area contributed by atoms with E-state index in [4.69, 9.17) is 4.74 Å². The SMILES string of the molecule is CN(C)CCC=C1c2ccccc2CCc2ccccc21.COc1ccc(C(CN(C)C)C2(O)CCCCC2)cc1. The number of ether oxygens (including phenoxy) is 1. The molecule has 0 amide bonds. The van der Waals surface area contributed by atoms with E-state index in [1.807, 2.05) is 12.1 Å². The highest BCUT2D eigenvalue weighted by Gasteiger charge is 2.38. The van der Waals surface area contributed by atoms with Gasteiger partial charge in [-0.1, -0.05) is 86.0 Å². The lowest BCUT2D eigenvalue weighted by molar-refractivity contribution is -0.0277. The van der Waals surface area contributed by atoms with Gasteiger partial charge in [0.1, 0.15) is 5.75 Å². The van der Waals surface area contributed by atoms with Gasteiger partial charge in [0.15, 0.2) is 0 Å². The molecule has 1 N–H and O–H groups in total. The summed E-state index contributed by atoms with van der Waals surface area (Å²) in [7, 11) is 10.1. The first-order valence-corrected chi connectivity index (χ1v) is 15.3. The highest BCUT2D eigenvalue weighted by molar-refractivity contribution is 5.83. The lowest BCUT2D eigenvalue weighted by Gasteiger charge is -2.40. The number of likely N-dealkylation sites (N-methyl/N-ethyl adjacent to an activating group) is 1. The van der Waals surface area contributed by atoms with Gasteiger partial charge in [-0.15, -0.1) is 0 Å². The van der Waals surface area contributed by atoms with E-state index in [0.29, 0.717) is 0 Å². The predicted molar refractivity (Wildman–Crippen MR) is 173 cm³/mol. The summed E-state index contributed by atoms with van der Waals surface area (Å²) >= 11 is 0. The molecule has 2 aliphatic carbocycles. The number of hydrogen-bond donors (Lipinski definition) is 1. The van der Waals surface area contributed by atoms with Gasteiger partial charge < -0.3 is 19.6 Å². The van der Waals surface area contributed by atoms with Crippen molar-refractivity contribution in [2.75, 3.05) is 48.4 Å². The molecule has 4 nitrogen and oxygen atoms in total. The summed E-state index contributed by atoms with van der Waals surface area (Å²) in [5.74, 6) is 1.04. The average Bonchev–Trinajstić information content (AvgIpc) is 3.13. The van der Waals surface area contributed by atoms with Gasteiger partial charge in [0.25, 0.3) is 0 Å². The summed E-state index contributed by atoms with van der Waals surface area (Å²) in [4.78, 5) is 4.41. The van der Waals surface area contributed by atoms with Gasteiger partial charge in [0, 0.05) is 19.0 Å². The summed E-state index contributed by atoms with van der Waals surface area (Å²) in [6.45, 7) is 1.97. The maximum atomic E-state index is 11.1. The van der Waals surface area contributed by atoms with Crippen LogP contribution in [-0.2, 0) is 12.8 Å². The number of fused-ring (bicyclic) bond motifs is 2. The Balaban J connectivity index is 0.000000189. The molecule has 1 saturated carbocycles. The Morgan fingerprint density at radius 2 is 1.34 bits per heavy atom. The van der Waals surface area contributed by atoms with Crippen molar-refractivity contribution in [2.45, 2.75) is 62.9 Å². The van der Waals surface area contributed by atoms with Gasteiger partial charge in [-0.2, -0.15) is 0 Å². The second-order valence-electron chi connectivity index (χ2n) is 12.3. The van der Waals surface area contributed by atoms with Crippen molar-refractivity contribution in [3.05, 3.63) is 107 Å². The molecule has 4 heteroatoms. The lowest BCUT2D eigenvalue weighted by atomic mass is 9.72. The van der Waals surface area contributed by atoms with Crippen molar-refractivity contribution in [3.63, 3.8) is 0 Å². The Hall–Kier alpha value is -2.92. The minimum Gasteiger partial charge on any atom is -0.497 e. The van der Waals surface area contributed by atoms with Crippen LogP contribution in [0.5, 0.6) is 5.75 Å². The largest absolute Gasteiger partial charge is 0.497 e. The van der Waals surface area contributed by atoms with Crippen LogP contribution < -0.4 is 4.74 Å². The van der Waals surface area contributed by atoms with Gasteiger partial charge in [-0.25, -0.2) is 0 Å².